The van der Waals surface area contributed by atoms with Crippen molar-refractivity contribution >= 4 is 6.09 Å². The third kappa shape index (κ3) is 4.53. The lowest BCUT2D eigenvalue weighted by atomic mass is 9.93. The van der Waals surface area contributed by atoms with Gasteiger partial charge in [-0.1, -0.05) is 72.8 Å². The van der Waals surface area contributed by atoms with Crippen LogP contribution in [0.25, 0.3) is 11.1 Å². The molecule has 3 N–H and O–H groups in total. The first-order valence-corrected chi connectivity index (χ1v) is 12.0. The minimum Gasteiger partial charge on any atom is -0.449 e. The van der Waals surface area contributed by atoms with E-state index in [4.69, 9.17) is 4.74 Å². The zero-order valence-electron chi connectivity index (χ0n) is 19.4. The lowest BCUT2D eigenvalue weighted by Crippen LogP contribution is -2.30. The number of alkyl carbamates (subject to hydrolysis) is 1. The van der Waals surface area contributed by atoms with Crippen LogP contribution in [0, 0.1) is 11.3 Å². The molecule has 2 aliphatic carbocycles. The quantitative estimate of drug-likeness (QED) is 0.450. The van der Waals surface area contributed by atoms with Gasteiger partial charge in [0.25, 0.3) is 0 Å². The normalized spacial score (nSPS) is 16.9. The van der Waals surface area contributed by atoms with E-state index >= 15 is 0 Å². The van der Waals surface area contributed by atoms with E-state index in [2.05, 4.69) is 35.7 Å². The van der Waals surface area contributed by atoms with Gasteiger partial charge in [-0.2, -0.15) is 5.26 Å². The van der Waals surface area contributed by atoms with E-state index in [1.807, 2.05) is 30.3 Å². The molecule has 6 heteroatoms. The van der Waals surface area contributed by atoms with Crippen LogP contribution in [0.2, 0.25) is 0 Å². The number of nitriles is 1. The van der Waals surface area contributed by atoms with Crippen LogP contribution in [0.4, 0.5) is 4.79 Å². The minimum absolute atomic E-state index is 0.0176. The van der Waals surface area contributed by atoms with E-state index in [0.717, 1.165) is 29.5 Å². The first-order valence-electron chi connectivity index (χ1n) is 12.0. The van der Waals surface area contributed by atoms with Crippen LogP contribution in [-0.2, 0) is 10.2 Å². The molecule has 3 aromatic carbocycles. The maximum absolute atomic E-state index is 12.3. The molecule has 0 heterocycles. The third-order valence-electron chi connectivity index (χ3n) is 7.16. The fourth-order valence-electron chi connectivity index (χ4n) is 4.96. The average Bonchev–Trinajstić information content (AvgIpc) is 3.64. The van der Waals surface area contributed by atoms with Gasteiger partial charge in [0.15, 0.2) is 0 Å². The predicted octanol–water partition coefficient (Wildman–Crippen LogP) is 4.56. The molecule has 0 radical (unpaired) electrons. The number of aliphatic hydroxyl groups excluding tert-OH is 2. The second kappa shape index (κ2) is 9.53. The van der Waals surface area contributed by atoms with E-state index in [-0.39, 0.29) is 25.5 Å². The fourth-order valence-corrected chi connectivity index (χ4v) is 4.96. The monoisotopic (exact) mass is 468 g/mol. The molecule has 2 aliphatic rings. The third-order valence-corrected chi connectivity index (χ3v) is 7.16. The molecule has 1 amide bonds. The zero-order chi connectivity index (χ0) is 24.4. The second-order valence-electron chi connectivity index (χ2n) is 9.37. The summed E-state index contributed by atoms with van der Waals surface area (Å²) >= 11 is 0. The Hall–Kier alpha value is -3.66. The molecule has 0 spiro atoms. The number of hydrogen-bond donors (Lipinski definition) is 3. The summed E-state index contributed by atoms with van der Waals surface area (Å²) in [6.45, 7) is 0.384. The second-order valence-corrected chi connectivity index (χ2v) is 9.37. The van der Waals surface area contributed by atoms with Crippen molar-refractivity contribution in [2.45, 2.75) is 42.8 Å². The lowest BCUT2D eigenvalue weighted by Gasteiger charge is -2.20. The number of benzene rings is 3. The van der Waals surface area contributed by atoms with E-state index in [9.17, 15) is 20.3 Å². The summed E-state index contributed by atoms with van der Waals surface area (Å²) in [5.41, 5.74) is 5.62. The van der Waals surface area contributed by atoms with Gasteiger partial charge in [0.1, 0.15) is 12.7 Å². The molecular formula is C29H28N2O4. The summed E-state index contributed by atoms with van der Waals surface area (Å²) in [5.74, 6) is -0.0176. The Labute approximate surface area is 204 Å². The van der Waals surface area contributed by atoms with Crippen molar-refractivity contribution < 1.29 is 19.7 Å². The molecule has 2 atom stereocenters. The van der Waals surface area contributed by atoms with Crippen molar-refractivity contribution in [3.8, 4) is 17.2 Å². The maximum Gasteiger partial charge on any atom is 0.407 e. The highest BCUT2D eigenvalue weighted by atomic mass is 16.5. The largest absolute Gasteiger partial charge is 0.449 e. The van der Waals surface area contributed by atoms with Crippen LogP contribution in [0.5, 0.6) is 0 Å². The van der Waals surface area contributed by atoms with E-state index in [1.54, 1.807) is 18.2 Å². The molecule has 5 rings (SSSR count). The number of fused-ring (bicyclic) bond motifs is 3. The topological polar surface area (TPSA) is 103 Å². The predicted molar refractivity (Wildman–Crippen MR) is 132 cm³/mol. The molecule has 178 valence electrons. The molecule has 0 aromatic heterocycles. The van der Waals surface area contributed by atoms with E-state index < -0.39 is 23.7 Å². The summed E-state index contributed by atoms with van der Waals surface area (Å²) in [6, 6.07) is 25.9. The molecule has 1 saturated carbocycles. The number of nitrogens with one attached hydrogen (secondary N) is 1. The summed E-state index contributed by atoms with van der Waals surface area (Å²) in [7, 11) is 0. The highest BCUT2D eigenvalue weighted by molar-refractivity contribution is 5.79. The average molecular weight is 469 g/mol. The maximum atomic E-state index is 12.3. The van der Waals surface area contributed by atoms with Crippen LogP contribution >= 0.6 is 0 Å². The van der Waals surface area contributed by atoms with Gasteiger partial charge in [0.2, 0.25) is 0 Å². The number of hydrogen-bond acceptors (Lipinski definition) is 5. The van der Waals surface area contributed by atoms with Crippen LogP contribution in [0.3, 0.4) is 0 Å². The van der Waals surface area contributed by atoms with Gasteiger partial charge in [-0.05, 0) is 52.6 Å². The van der Waals surface area contributed by atoms with Gasteiger partial charge in [0.05, 0.1) is 17.6 Å². The number of amides is 1. The number of ether oxygens (including phenoxy) is 1. The Morgan fingerprint density at radius 1 is 1.03 bits per heavy atom. The molecule has 0 saturated heterocycles. The molecular weight excluding hydrogens is 440 g/mol. The van der Waals surface area contributed by atoms with Gasteiger partial charge < -0.3 is 20.3 Å². The summed E-state index contributed by atoms with van der Waals surface area (Å²) in [6.07, 6.45) is -0.921. The van der Waals surface area contributed by atoms with Crippen molar-refractivity contribution in [1.29, 1.82) is 5.26 Å². The number of nitrogens with zero attached hydrogens (tertiary/aromatic N) is 1. The van der Waals surface area contributed by atoms with Crippen molar-refractivity contribution in [3.63, 3.8) is 0 Å². The standard InChI is InChI=1S/C29H28N2O4/c30-18-29(13-14-29)20-7-5-6-19(16-20)27(33)26(32)12-15-31-28(34)35-17-25-23-10-3-1-8-21(23)22-9-2-4-11-24(22)25/h1-11,16,25-27,32-33H,12-15,17H2,(H,31,34). The summed E-state index contributed by atoms with van der Waals surface area (Å²) in [5, 5.41) is 33.1. The molecule has 3 aromatic rings. The Morgan fingerprint density at radius 3 is 2.31 bits per heavy atom. The highest BCUT2D eigenvalue weighted by Crippen LogP contribution is 2.48. The molecule has 0 aliphatic heterocycles. The Bertz CT molecular complexity index is 1230. The van der Waals surface area contributed by atoms with Crippen molar-refractivity contribution in [2.75, 3.05) is 13.2 Å². The molecule has 1 fully saturated rings. The molecule has 6 nitrogen and oxygen atoms in total. The van der Waals surface area contributed by atoms with Crippen LogP contribution < -0.4 is 5.32 Å². The van der Waals surface area contributed by atoms with Crippen molar-refractivity contribution in [2.24, 2.45) is 0 Å². The summed E-state index contributed by atoms with van der Waals surface area (Å²) < 4.78 is 5.51. The fraction of sp³-hybridized carbons (Fsp3) is 0.310. The van der Waals surface area contributed by atoms with Gasteiger partial charge >= 0.3 is 6.09 Å². The van der Waals surface area contributed by atoms with Crippen molar-refractivity contribution in [3.05, 3.63) is 95.1 Å². The number of carbonyl (C=O) groups is 1. The van der Waals surface area contributed by atoms with Gasteiger partial charge in [-0.15, -0.1) is 0 Å². The van der Waals surface area contributed by atoms with Crippen LogP contribution in [0.15, 0.2) is 72.8 Å². The lowest BCUT2D eigenvalue weighted by molar-refractivity contribution is 0.0136. The first-order chi connectivity index (χ1) is 17.0. The number of aliphatic hydroxyl groups is 2. The van der Waals surface area contributed by atoms with Crippen molar-refractivity contribution in [1.82, 2.24) is 5.32 Å². The SMILES string of the molecule is N#CC1(c2cccc(C(O)C(O)CCNC(=O)OCC3c4ccccc4-c4ccccc43)c2)CC1. The van der Waals surface area contributed by atoms with E-state index in [1.165, 1.54) is 11.1 Å². The number of carbonyl (C=O) groups excluding carboxylic acids is 1. The molecule has 35 heavy (non-hydrogen) atoms. The van der Waals surface area contributed by atoms with Crippen LogP contribution in [-0.4, -0.2) is 35.6 Å². The Kier molecular flexibility index (Phi) is 6.29. The van der Waals surface area contributed by atoms with Gasteiger partial charge in [-0.3, -0.25) is 0 Å². The smallest absolute Gasteiger partial charge is 0.407 e. The first kappa shape index (κ1) is 23.1. The highest BCUT2D eigenvalue weighted by Gasteiger charge is 2.45. The van der Waals surface area contributed by atoms with E-state index in [0.29, 0.717) is 5.56 Å². The Morgan fingerprint density at radius 2 is 1.69 bits per heavy atom. The zero-order valence-corrected chi connectivity index (χ0v) is 19.4. The number of rotatable bonds is 8. The van der Waals surface area contributed by atoms with Crippen LogP contribution in [0.1, 0.15) is 53.5 Å². The molecule has 0 bridgehead atoms. The minimum atomic E-state index is -1.10. The van der Waals surface area contributed by atoms with Gasteiger partial charge in [-0.25, -0.2) is 4.79 Å². The van der Waals surface area contributed by atoms with Gasteiger partial charge in [0, 0.05) is 12.5 Å². The summed E-state index contributed by atoms with van der Waals surface area (Å²) in [4.78, 5) is 12.3. The molecule has 2 unspecified atom stereocenters. The Balaban J connectivity index is 1.12.